The van der Waals surface area contributed by atoms with Gasteiger partial charge in [0.15, 0.2) is 0 Å². The van der Waals surface area contributed by atoms with Crippen LogP contribution in [0.4, 0.5) is 5.69 Å². The second-order valence-corrected chi connectivity index (χ2v) is 5.73. The smallest absolute Gasteiger partial charge is 0.120 e. The molecule has 0 atom stereocenters. The van der Waals surface area contributed by atoms with Crippen LogP contribution in [0, 0.1) is 5.41 Å². The molecule has 1 spiro atoms. The zero-order chi connectivity index (χ0) is 12.4. The van der Waals surface area contributed by atoms with Gasteiger partial charge in [0.25, 0.3) is 0 Å². The molecule has 2 fully saturated rings. The number of hydrogen-bond donors (Lipinski definition) is 2. The average Bonchev–Trinajstić information content (AvgIpc) is 2.38. The van der Waals surface area contributed by atoms with Crippen LogP contribution in [-0.2, 0) is 0 Å². The summed E-state index contributed by atoms with van der Waals surface area (Å²) in [5.41, 5.74) is 1.82. The maximum absolute atomic E-state index is 5.25. The van der Waals surface area contributed by atoms with E-state index in [9.17, 15) is 0 Å². The van der Waals surface area contributed by atoms with Crippen molar-refractivity contribution in [2.24, 2.45) is 5.41 Å². The molecule has 0 radical (unpaired) electrons. The summed E-state index contributed by atoms with van der Waals surface area (Å²) in [6.45, 7) is 2.40. The lowest BCUT2D eigenvalue weighted by Crippen LogP contribution is -2.50. The molecule has 3 heteroatoms. The lowest BCUT2D eigenvalue weighted by Gasteiger charge is -2.50. The van der Waals surface area contributed by atoms with Crippen molar-refractivity contribution in [2.45, 2.75) is 31.7 Å². The van der Waals surface area contributed by atoms with Gasteiger partial charge in [0.2, 0.25) is 0 Å². The maximum Gasteiger partial charge on any atom is 0.120 e. The Hall–Kier alpha value is -1.22. The summed E-state index contributed by atoms with van der Waals surface area (Å²) in [5, 5.41) is 7.08. The van der Waals surface area contributed by atoms with Crippen LogP contribution in [0.25, 0.3) is 0 Å². The van der Waals surface area contributed by atoms with Gasteiger partial charge in [-0.05, 0) is 56.3 Å². The van der Waals surface area contributed by atoms with Crippen molar-refractivity contribution >= 4 is 5.69 Å². The van der Waals surface area contributed by atoms with Crippen LogP contribution in [0.15, 0.2) is 24.3 Å². The predicted molar refractivity (Wildman–Crippen MR) is 74.2 cm³/mol. The summed E-state index contributed by atoms with van der Waals surface area (Å²) in [6.07, 6.45) is 5.35. The first kappa shape index (κ1) is 11.8. The van der Waals surface area contributed by atoms with Gasteiger partial charge in [-0.15, -0.1) is 0 Å². The molecule has 1 saturated heterocycles. The van der Waals surface area contributed by atoms with E-state index in [4.69, 9.17) is 4.74 Å². The minimum atomic E-state index is 0.641. The second kappa shape index (κ2) is 4.81. The van der Waals surface area contributed by atoms with E-state index in [0.29, 0.717) is 11.5 Å². The Morgan fingerprint density at radius 2 is 2.06 bits per heavy atom. The van der Waals surface area contributed by atoms with Crippen molar-refractivity contribution in [1.29, 1.82) is 0 Å². The van der Waals surface area contributed by atoms with Crippen LogP contribution in [0.5, 0.6) is 5.75 Å². The van der Waals surface area contributed by atoms with Crippen molar-refractivity contribution in [1.82, 2.24) is 5.32 Å². The summed E-state index contributed by atoms with van der Waals surface area (Å²) in [4.78, 5) is 0. The van der Waals surface area contributed by atoms with Gasteiger partial charge < -0.3 is 15.4 Å². The highest BCUT2D eigenvalue weighted by molar-refractivity contribution is 5.49. The van der Waals surface area contributed by atoms with Gasteiger partial charge in [-0.25, -0.2) is 0 Å². The quantitative estimate of drug-likeness (QED) is 0.860. The zero-order valence-electron chi connectivity index (χ0n) is 11.0. The summed E-state index contributed by atoms with van der Waals surface area (Å²) in [5.74, 6) is 0.927. The molecule has 1 aliphatic heterocycles. The number of piperidine rings is 1. The molecule has 2 N–H and O–H groups in total. The first-order valence-electron chi connectivity index (χ1n) is 6.91. The van der Waals surface area contributed by atoms with Gasteiger partial charge in [-0.2, -0.15) is 0 Å². The van der Waals surface area contributed by atoms with E-state index in [1.165, 1.54) is 44.5 Å². The predicted octanol–water partition coefficient (Wildman–Crippen LogP) is 2.64. The number of nitrogens with one attached hydrogen (secondary N) is 2. The Bertz CT molecular complexity index is 405. The Labute approximate surface area is 109 Å². The highest BCUT2D eigenvalue weighted by Crippen LogP contribution is 2.48. The van der Waals surface area contributed by atoms with Gasteiger partial charge in [0.1, 0.15) is 5.75 Å². The number of rotatable bonds is 3. The molecular formula is C15H22N2O. The molecule has 0 bridgehead atoms. The summed E-state index contributed by atoms with van der Waals surface area (Å²) < 4.78 is 5.25. The van der Waals surface area contributed by atoms with Gasteiger partial charge in [0, 0.05) is 17.8 Å². The third kappa shape index (κ3) is 2.32. The van der Waals surface area contributed by atoms with Crippen LogP contribution in [0.1, 0.15) is 25.7 Å². The molecule has 1 heterocycles. The molecule has 18 heavy (non-hydrogen) atoms. The minimum Gasteiger partial charge on any atom is -0.497 e. The second-order valence-electron chi connectivity index (χ2n) is 5.73. The maximum atomic E-state index is 5.25. The molecule has 1 aromatic carbocycles. The number of methoxy groups -OCH3 is 1. The third-order valence-corrected chi connectivity index (χ3v) is 4.46. The molecular weight excluding hydrogens is 224 g/mol. The topological polar surface area (TPSA) is 33.3 Å². The van der Waals surface area contributed by atoms with Crippen LogP contribution in [0.3, 0.4) is 0 Å². The Morgan fingerprint density at radius 3 is 2.78 bits per heavy atom. The minimum absolute atomic E-state index is 0.641. The molecule has 1 saturated carbocycles. The van der Waals surface area contributed by atoms with Crippen LogP contribution >= 0.6 is 0 Å². The van der Waals surface area contributed by atoms with Crippen molar-refractivity contribution < 1.29 is 4.74 Å². The van der Waals surface area contributed by atoms with Gasteiger partial charge in [-0.3, -0.25) is 0 Å². The lowest BCUT2D eigenvalue weighted by atomic mass is 9.60. The van der Waals surface area contributed by atoms with E-state index < -0.39 is 0 Å². The van der Waals surface area contributed by atoms with E-state index in [0.717, 1.165) is 5.75 Å². The molecule has 1 aromatic rings. The lowest BCUT2D eigenvalue weighted by molar-refractivity contribution is 0.0718. The van der Waals surface area contributed by atoms with Crippen LogP contribution < -0.4 is 15.4 Å². The molecule has 3 rings (SSSR count). The number of hydrogen-bond acceptors (Lipinski definition) is 3. The fourth-order valence-corrected chi connectivity index (χ4v) is 3.40. The van der Waals surface area contributed by atoms with Gasteiger partial charge in [0.05, 0.1) is 7.11 Å². The standard InChI is InChI=1S/C15H22N2O/c1-18-14-4-2-3-12(9-14)17-13-10-15(11-13)5-7-16-8-6-15/h2-4,9,13,16-17H,5-8,10-11H2,1H3. The van der Waals surface area contributed by atoms with Gasteiger partial charge in [-0.1, -0.05) is 6.07 Å². The molecule has 0 amide bonds. The SMILES string of the molecule is COc1cccc(NC2CC3(CCNCC3)C2)c1. The largest absolute Gasteiger partial charge is 0.497 e. The van der Waals surface area contributed by atoms with Crippen molar-refractivity contribution in [3.63, 3.8) is 0 Å². The number of ether oxygens (including phenoxy) is 1. The van der Waals surface area contributed by atoms with E-state index in [-0.39, 0.29) is 0 Å². The molecule has 98 valence electrons. The number of benzene rings is 1. The molecule has 2 aliphatic rings. The van der Waals surface area contributed by atoms with Crippen molar-refractivity contribution in [3.8, 4) is 5.75 Å². The summed E-state index contributed by atoms with van der Waals surface area (Å²) >= 11 is 0. The summed E-state index contributed by atoms with van der Waals surface area (Å²) in [6, 6.07) is 8.87. The van der Waals surface area contributed by atoms with E-state index >= 15 is 0 Å². The molecule has 0 aromatic heterocycles. The van der Waals surface area contributed by atoms with Crippen molar-refractivity contribution in [2.75, 3.05) is 25.5 Å². The molecule has 3 nitrogen and oxygen atoms in total. The van der Waals surface area contributed by atoms with E-state index in [1.807, 2.05) is 12.1 Å². The number of anilines is 1. The fraction of sp³-hybridized carbons (Fsp3) is 0.600. The average molecular weight is 246 g/mol. The van der Waals surface area contributed by atoms with E-state index in [2.05, 4.69) is 22.8 Å². The highest BCUT2D eigenvalue weighted by Gasteiger charge is 2.44. The Kier molecular flexibility index (Phi) is 3.16. The first-order valence-corrected chi connectivity index (χ1v) is 6.91. The van der Waals surface area contributed by atoms with Gasteiger partial charge >= 0.3 is 0 Å². The Morgan fingerprint density at radius 1 is 1.28 bits per heavy atom. The van der Waals surface area contributed by atoms with Crippen molar-refractivity contribution in [3.05, 3.63) is 24.3 Å². The normalized spacial score (nSPS) is 22.5. The first-order chi connectivity index (χ1) is 8.80. The fourth-order valence-electron chi connectivity index (χ4n) is 3.40. The monoisotopic (exact) mass is 246 g/mol. The van der Waals surface area contributed by atoms with Crippen LogP contribution in [0.2, 0.25) is 0 Å². The zero-order valence-corrected chi connectivity index (χ0v) is 11.0. The van der Waals surface area contributed by atoms with E-state index in [1.54, 1.807) is 7.11 Å². The Balaban J connectivity index is 1.55. The summed E-state index contributed by atoms with van der Waals surface area (Å²) in [7, 11) is 1.71. The highest BCUT2D eigenvalue weighted by atomic mass is 16.5. The molecule has 1 aliphatic carbocycles. The van der Waals surface area contributed by atoms with Crippen LogP contribution in [-0.4, -0.2) is 26.2 Å². The molecule has 0 unspecified atom stereocenters. The third-order valence-electron chi connectivity index (χ3n) is 4.46.